The van der Waals surface area contributed by atoms with E-state index >= 15 is 0 Å². The maximum absolute atomic E-state index is 5.04. The van der Waals surface area contributed by atoms with Crippen molar-refractivity contribution in [3.63, 3.8) is 0 Å². The van der Waals surface area contributed by atoms with E-state index < -0.39 is 0 Å². The van der Waals surface area contributed by atoms with Crippen molar-refractivity contribution in [3.8, 4) is 11.8 Å². The van der Waals surface area contributed by atoms with Gasteiger partial charge < -0.3 is 34.3 Å². The van der Waals surface area contributed by atoms with Gasteiger partial charge in [-0.1, -0.05) is 28.3 Å². The van der Waals surface area contributed by atoms with E-state index in [4.69, 9.17) is 9.47 Å². The molecule has 0 saturated carbocycles. The molecule has 0 saturated heterocycles. The molecule has 6 nitrogen and oxygen atoms in total. The normalized spacial score (nSPS) is 8.79. The van der Waals surface area contributed by atoms with E-state index in [1.165, 1.54) is 0 Å². The van der Waals surface area contributed by atoms with Crippen LogP contribution >= 0.6 is 15.9 Å². The number of rotatable bonds is 2. The van der Waals surface area contributed by atoms with Gasteiger partial charge in [-0.25, -0.2) is 0 Å². The van der Waals surface area contributed by atoms with Gasteiger partial charge in [0.1, 0.15) is 0 Å². The average Bonchev–Trinajstić information content (AvgIpc) is 2.68. The third-order valence-electron chi connectivity index (χ3n) is 3.27. The van der Waals surface area contributed by atoms with E-state index in [1.54, 1.807) is 57.2 Å². The smallest absolute Gasteiger partial charge is 0.210 e. The van der Waals surface area contributed by atoms with Crippen LogP contribution in [0.1, 0.15) is 0 Å². The summed E-state index contributed by atoms with van der Waals surface area (Å²) >= 11 is 3.37. The fourth-order valence-corrected chi connectivity index (χ4v) is 2.65. The first kappa shape index (κ1) is 30.6. The Morgan fingerprint density at radius 3 is 2.10 bits per heavy atom. The summed E-state index contributed by atoms with van der Waals surface area (Å²) in [7, 11) is 3.16. The summed E-state index contributed by atoms with van der Waals surface area (Å²) in [6.07, 6.45) is 6.77. The zero-order valence-electron chi connectivity index (χ0n) is 16.7. The monoisotopic (exact) mass is 604 g/mol. The molecular weight excluding hydrogens is 586 g/mol. The Bertz CT molecular complexity index is 1020. The van der Waals surface area contributed by atoms with Crippen LogP contribution in [0, 0.1) is 27.0 Å². The molecule has 4 aromatic heterocycles. The second kappa shape index (κ2) is 15.2. The molecule has 0 aliphatic carbocycles. The first-order valence-corrected chi connectivity index (χ1v) is 8.03. The molecule has 0 atom stereocenters. The average molecular weight is 605 g/mol. The van der Waals surface area contributed by atoms with Crippen LogP contribution in [0.15, 0.2) is 47.5 Å². The van der Waals surface area contributed by atoms with Crippen LogP contribution in [-0.4, -0.2) is 34.2 Å². The van der Waals surface area contributed by atoms with E-state index in [2.05, 4.69) is 48.0 Å². The van der Waals surface area contributed by atoms with Gasteiger partial charge in [0.05, 0.1) is 18.7 Å². The molecule has 2 radical (unpaired) electrons. The van der Waals surface area contributed by atoms with Gasteiger partial charge in [-0.3, -0.25) is 9.97 Å². The van der Waals surface area contributed by atoms with Crippen molar-refractivity contribution in [1.82, 2.24) is 19.9 Å². The summed E-state index contributed by atoms with van der Waals surface area (Å²) in [5.74, 6) is 1.12. The molecule has 4 heterocycles. The van der Waals surface area contributed by atoms with Gasteiger partial charge in [-0.2, -0.15) is 0 Å². The number of methoxy groups -OCH3 is 2. The van der Waals surface area contributed by atoms with Crippen molar-refractivity contribution >= 4 is 37.7 Å². The summed E-state index contributed by atoms with van der Waals surface area (Å²) < 4.78 is 10.8. The third kappa shape index (κ3) is 7.87. The molecule has 0 aliphatic rings. The Kier molecular flexibility index (Phi) is 16.1. The molecule has 0 aliphatic heterocycles. The minimum atomic E-state index is 0. The van der Waals surface area contributed by atoms with Gasteiger partial charge in [-0.05, 0) is 29.5 Å². The zero-order chi connectivity index (χ0) is 17.6. The minimum Gasteiger partial charge on any atom is -0.482 e. The number of halogens is 1. The van der Waals surface area contributed by atoms with Gasteiger partial charge in [0.15, 0.2) is 5.88 Å². The number of aromatic nitrogens is 4. The van der Waals surface area contributed by atoms with Crippen molar-refractivity contribution < 1.29 is 74.9 Å². The summed E-state index contributed by atoms with van der Waals surface area (Å²) in [5, 5.41) is 1.77. The van der Waals surface area contributed by atoms with Crippen molar-refractivity contribution in [2.24, 2.45) is 0 Å². The first-order chi connectivity index (χ1) is 12.2. The molecular formula is C20H19BrN4O2Y2-4. The molecule has 148 valence electrons. The second-order valence-corrected chi connectivity index (χ2v) is 5.56. The van der Waals surface area contributed by atoms with Crippen LogP contribution in [-0.2, 0) is 65.4 Å². The maximum Gasteiger partial charge on any atom is 0.210 e. The van der Waals surface area contributed by atoms with Crippen molar-refractivity contribution in [2.75, 3.05) is 14.2 Å². The van der Waals surface area contributed by atoms with Gasteiger partial charge >= 0.3 is 0 Å². The van der Waals surface area contributed by atoms with Gasteiger partial charge in [0.2, 0.25) is 5.88 Å². The fraction of sp³-hybridized carbons (Fsp3) is 0.100. The molecule has 0 bridgehead atoms. The Morgan fingerprint density at radius 2 is 1.45 bits per heavy atom. The van der Waals surface area contributed by atoms with Crippen molar-refractivity contribution in [1.29, 1.82) is 0 Å². The van der Waals surface area contributed by atoms with Crippen LogP contribution in [0.4, 0.5) is 0 Å². The van der Waals surface area contributed by atoms with Gasteiger partial charge in [0, 0.05) is 65.4 Å². The van der Waals surface area contributed by atoms with Crippen LogP contribution in [0.25, 0.3) is 21.8 Å². The van der Waals surface area contributed by atoms with Crippen LogP contribution < -0.4 is 9.47 Å². The fourth-order valence-electron chi connectivity index (χ4n) is 2.07. The number of fused-ring (bicyclic) bond motifs is 2. The number of hydrogen-bond acceptors (Lipinski definition) is 6. The topological polar surface area (TPSA) is 70.0 Å². The Balaban J connectivity index is 0. The first-order valence-electron chi connectivity index (χ1n) is 7.24. The summed E-state index contributed by atoms with van der Waals surface area (Å²) in [4.78, 5) is 16.4. The predicted molar refractivity (Wildman–Crippen MR) is 110 cm³/mol. The van der Waals surface area contributed by atoms with E-state index in [9.17, 15) is 0 Å². The zero-order valence-corrected chi connectivity index (χ0v) is 23.9. The van der Waals surface area contributed by atoms with Gasteiger partial charge in [0.25, 0.3) is 0 Å². The molecule has 0 aromatic carbocycles. The number of nitrogens with zero attached hydrogens (tertiary/aromatic N) is 4. The Morgan fingerprint density at radius 1 is 0.828 bits per heavy atom. The third-order valence-corrected chi connectivity index (χ3v) is 3.98. The SMILES string of the molecule is COc1cc2ncc[c-]c2cn1.COc1ncc2[c-]ccnc2c1Br.[CH3-].[CH3-].[Y].[Y]. The van der Waals surface area contributed by atoms with Gasteiger partial charge in [-0.15, -0.1) is 35.0 Å². The van der Waals surface area contributed by atoms with Crippen molar-refractivity contribution in [3.05, 3.63) is 74.4 Å². The van der Waals surface area contributed by atoms with E-state index in [-0.39, 0.29) is 80.3 Å². The quantitative estimate of drug-likeness (QED) is 0.313. The summed E-state index contributed by atoms with van der Waals surface area (Å²) in [6.45, 7) is 0. The Labute approximate surface area is 230 Å². The van der Waals surface area contributed by atoms with Crippen LogP contribution in [0.3, 0.4) is 0 Å². The predicted octanol–water partition coefficient (Wildman–Crippen LogP) is 4.54. The van der Waals surface area contributed by atoms with E-state index in [0.29, 0.717) is 11.8 Å². The molecule has 0 N–H and O–H groups in total. The molecule has 0 spiro atoms. The standard InChI is InChI=1S/C9H6BrN2O.C9H7N2O.2CH3.2Y/c1-13-9-7(10)8-6(5-12-9)3-2-4-11-8;1-12-9-5-8-7(6-11-9)3-2-4-10-8;;;;/h2,4-5H,1H3;2,4-6H,1H3;2*1H3;;/q4*-1;;. The van der Waals surface area contributed by atoms with E-state index in [1.807, 2.05) is 0 Å². The molecule has 0 fully saturated rings. The number of hydrogen-bond donors (Lipinski definition) is 0. The molecule has 9 heteroatoms. The number of pyridine rings is 4. The van der Waals surface area contributed by atoms with Crippen molar-refractivity contribution in [2.45, 2.75) is 0 Å². The summed E-state index contributed by atoms with van der Waals surface area (Å²) in [5.41, 5.74) is 1.67. The van der Waals surface area contributed by atoms with Crippen LogP contribution in [0.5, 0.6) is 11.8 Å². The minimum absolute atomic E-state index is 0. The summed E-state index contributed by atoms with van der Waals surface area (Å²) in [6, 6.07) is 11.4. The molecule has 29 heavy (non-hydrogen) atoms. The van der Waals surface area contributed by atoms with E-state index in [0.717, 1.165) is 26.3 Å². The molecule has 0 unspecified atom stereocenters. The molecule has 0 amide bonds. The van der Waals surface area contributed by atoms with Crippen LogP contribution in [0.2, 0.25) is 0 Å². The maximum atomic E-state index is 5.04. The Hall–Kier alpha value is -0.592. The largest absolute Gasteiger partial charge is 0.482 e. The number of ether oxygens (including phenoxy) is 2. The molecule has 4 rings (SSSR count). The molecule has 4 aromatic rings. The second-order valence-electron chi connectivity index (χ2n) is 4.77.